The summed E-state index contributed by atoms with van der Waals surface area (Å²) in [5, 5.41) is 23.5. The summed E-state index contributed by atoms with van der Waals surface area (Å²) in [5.74, 6) is 0.0878. The van der Waals surface area contributed by atoms with Crippen LogP contribution >= 0.6 is 15.9 Å². The van der Waals surface area contributed by atoms with E-state index in [1.165, 1.54) is 6.07 Å². The van der Waals surface area contributed by atoms with E-state index in [1.807, 2.05) is 30.3 Å². The molecular formula is C16H17BrN2O3. The van der Waals surface area contributed by atoms with E-state index in [-0.39, 0.29) is 18.2 Å². The Morgan fingerprint density at radius 3 is 2.59 bits per heavy atom. The third-order valence-corrected chi connectivity index (χ3v) is 3.94. The molecule has 2 N–H and O–H groups in total. The molecule has 0 saturated carbocycles. The molecule has 0 fully saturated rings. The van der Waals surface area contributed by atoms with Gasteiger partial charge in [0.1, 0.15) is 5.69 Å². The zero-order valence-corrected chi connectivity index (χ0v) is 13.5. The SMILES string of the molecule is O=[N+]([O-])c1ccc(Br)cc1NCC(CCO)c1ccccc1. The van der Waals surface area contributed by atoms with E-state index >= 15 is 0 Å². The van der Waals surface area contributed by atoms with E-state index in [0.717, 1.165) is 10.0 Å². The zero-order valence-electron chi connectivity index (χ0n) is 11.9. The number of hydrogen-bond acceptors (Lipinski definition) is 4. The topological polar surface area (TPSA) is 75.4 Å². The second kappa shape index (κ2) is 7.91. The predicted molar refractivity (Wildman–Crippen MR) is 90.2 cm³/mol. The van der Waals surface area contributed by atoms with Crippen molar-refractivity contribution in [1.29, 1.82) is 0 Å². The summed E-state index contributed by atoms with van der Waals surface area (Å²) in [7, 11) is 0. The Hall–Kier alpha value is -1.92. The van der Waals surface area contributed by atoms with Crippen molar-refractivity contribution in [3.63, 3.8) is 0 Å². The number of halogens is 1. The van der Waals surface area contributed by atoms with E-state index < -0.39 is 4.92 Å². The van der Waals surface area contributed by atoms with Crippen molar-refractivity contribution in [1.82, 2.24) is 0 Å². The van der Waals surface area contributed by atoms with Gasteiger partial charge in [-0.1, -0.05) is 46.3 Å². The van der Waals surface area contributed by atoms with Gasteiger partial charge >= 0.3 is 0 Å². The van der Waals surface area contributed by atoms with Crippen molar-refractivity contribution in [3.8, 4) is 0 Å². The lowest BCUT2D eigenvalue weighted by atomic mass is 9.96. The molecule has 0 radical (unpaired) electrons. The Labute approximate surface area is 137 Å². The fourth-order valence-electron chi connectivity index (χ4n) is 2.31. The largest absolute Gasteiger partial charge is 0.396 e. The number of aliphatic hydroxyl groups excluding tert-OH is 1. The predicted octanol–water partition coefficient (Wildman–Crippen LogP) is 3.94. The van der Waals surface area contributed by atoms with Crippen molar-refractivity contribution >= 4 is 27.3 Å². The van der Waals surface area contributed by atoms with Crippen LogP contribution in [-0.2, 0) is 0 Å². The van der Waals surface area contributed by atoms with Gasteiger partial charge in [0, 0.05) is 29.6 Å². The van der Waals surface area contributed by atoms with E-state index in [4.69, 9.17) is 0 Å². The second-order valence-corrected chi connectivity index (χ2v) is 5.84. The first kappa shape index (κ1) is 16.5. The van der Waals surface area contributed by atoms with Crippen LogP contribution in [0.25, 0.3) is 0 Å². The molecule has 0 heterocycles. The number of benzene rings is 2. The van der Waals surface area contributed by atoms with Gasteiger partial charge in [0.15, 0.2) is 0 Å². The van der Waals surface area contributed by atoms with Crippen LogP contribution in [0, 0.1) is 10.1 Å². The van der Waals surface area contributed by atoms with Crippen molar-refractivity contribution in [2.75, 3.05) is 18.5 Å². The van der Waals surface area contributed by atoms with Gasteiger partial charge in [-0.15, -0.1) is 0 Å². The van der Waals surface area contributed by atoms with Crippen LogP contribution in [0.2, 0.25) is 0 Å². The monoisotopic (exact) mass is 364 g/mol. The third-order valence-electron chi connectivity index (χ3n) is 3.44. The molecule has 1 atom stereocenters. The van der Waals surface area contributed by atoms with Crippen molar-refractivity contribution in [3.05, 3.63) is 68.7 Å². The summed E-state index contributed by atoms with van der Waals surface area (Å²) in [6.07, 6.45) is 0.596. The molecule has 2 aromatic rings. The number of hydrogen-bond donors (Lipinski definition) is 2. The van der Waals surface area contributed by atoms with Crippen LogP contribution in [0.4, 0.5) is 11.4 Å². The summed E-state index contributed by atoms with van der Waals surface area (Å²) in [4.78, 5) is 10.7. The Morgan fingerprint density at radius 1 is 1.23 bits per heavy atom. The summed E-state index contributed by atoms with van der Waals surface area (Å²) in [6.45, 7) is 0.587. The molecule has 0 aromatic heterocycles. The number of nitrogens with one attached hydrogen (secondary N) is 1. The Morgan fingerprint density at radius 2 is 1.95 bits per heavy atom. The Kier molecular flexibility index (Phi) is 5.91. The minimum Gasteiger partial charge on any atom is -0.396 e. The molecule has 5 nitrogen and oxygen atoms in total. The maximum absolute atomic E-state index is 11.1. The standard InChI is InChI=1S/C16H17BrN2O3/c17-14-6-7-16(19(21)22)15(10-14)18-11-13(8-9-20)12-4-2-1-3-5-12/h1-7,10,13,18,20H,8-9,11H2. The highest BCUT2D eigenvalue weighted by Crippen LogP contribution is 2.29. The van der Waals surface area contributed by atoms with Gasteiger partial charge in [0.2, 0.25) is 0 Å². The van der Waals surface area contributed by atoms with Gasteiger partial charge < -0.3 is 10.4 Å². The minimum atomic E-state index is -0.404. The zero-order chi connectivity index (χ0) is 15.9. The van der Waals surface area contributed by atoms with Gasteiger partial charge in [-0.3, -0.25) is 10.1 Å². The van der Waals surface area contributed by atoms with Crippen LogP contribution in [0.15, 0.2) is 53.0 Å². The highest BCUT2D eigenvalue weighted by atomic mass is 79.9. The Bertz CT molecular complexity index is 635. The lowest BCUT2D eigenvalue weighted by molar-refractivity contribution is -0.384. The molecule has 2 rings (SSSR count). The van der Waals surface area contributed by atoms with E-state index in [9.17, 15) is 15.2 Å². The molecule has 116 valence electrons. The van der Waals surface area contributed by atoms with Crippen LogP contribution < -0.4 is 5.32 Å². The van der Waals surface area contributed by atoms with Crippen molar-refractivity contribution in [2.45, 2.75) is 12.3 Å². The number of nitro benzene ring substituents is 1. The first-order chi connectivity index (χ1) is 10.6. The van der Waals surface area contributed by atoms with E-state index in [0.29, 0.717) is 18.7 Å². The first-order valence-electron chi connectivity index (χ1n) is 6.95. The highest BCUT2D eigenvalue weighted by Gasteiger charge is 2.16. The first-order valence-corrected chi connectivity index (χ1v) is 7.74. The number of aliphatic hydroxyl groups is 1. The molecular weight excluding hydrogens is 348 g/mol. The smallest absolute Gasteiger partial charge is 0.292 e. The molecule has 22 heavy (non-hydrogen) atoms. The lowest BCUT2D eigenvalue weighted by Crippen LogP contribution is -2.15. The quantitative estimate of drug-likeness (QED) is 0.576. The molecule has 0 aliphatic rings. The highest BCUT2D eigenvalue weighted by molar-refractivity contribution is 9.10. The van der Waals surface area contributed by atoms with Crippen LogP contribution in [0.3, 0.4) is 0 Å². The second-order valence-electron chi connectivity index (χ2n) is 4.92. The van der Waals surface area contributed by atoms with Gasteiger partial charge in [-0.2, -0.15) is 0 Å². The summed E-state index contributed by atoms with van der Waals surface area (Å²) in [6, 6.07) is 14.6. The van der Waals surface area contributed by atoms with E-state index in [1.54, 1.807) is 12.1 Å². The number of nitrogens with zero attached hydrogens (tertiary/aromatic N) is 1. The van der Waals surface area contributed by atoms with Crippen LogP contribution in [0.5, 0.6) is 0 Å². The summed E-state index contributed by atoms with van der Waals surface area (Å²) in [5.41, 5.74) is 1.61. The molecule has 0 bridgehead atoms. The van der Waals surface area contributed by atoms with Crippen molar-refractivity contribution in [2.24, 2.45) is 0 Å². The fraction of sp³-hybridized carbons (Fsp3) is 0.250. The van der Waals surface area contributed by atoms with Crippen molar-refractivity contribution < 1.29 is 10.0 Å². The number of nitro groups is 1. The molecule has 0 aliphatic heterocycles. The maximum atomic E-state index is 11.1. The fourth-order valence-corrected chi connectivity index (χ4v) is 2.67. The molecule has 0 saturated heterocycles. The minimum absolute atomic E-state index is 0.0408. The average molecular weight is 365 g/mol. The van der Waals surface area contributed by atoms with E-state index in [2.05, 4.69) is 21.2 Å². The average Bonchev–Trinajstić information content (AvgIpc) is 2.52. The third kappa shape index (κ3) is 4.29. The van der Waals surface area contributed by atoms with Crippen LogP contribution in [-0.4, -0.2) is 23.2 Å². The molecule has 6 heteroatoms. The molecule has 0 spiro atoms. The van der Waals surface area contributed by atoms with Gasteiger partial charge in [-0.05, 0) is 24.1 Å². The maximum Gasteiger partial charge on any atom is 0.292 e. The summed E-state index contributed by atoms with van der Waals surface area (Å²) < 4.78 is 0.777. The van der Waals surface area contributed by atoms with Gasteiger partial charge in [0.25, 0.3) is 5.69 Å². The number of rotatable bonds is 7. The normalized spacial score (nSPS) is 11.9. The summed E-state index contributed by atoms with van der Waals surface area (Å²) >= 11 is 3.33. The number of anilines is 1. The molecule has 2 aromatic carbocycles. The molecule has 0 aliphatic carbocycles. The van der Waals surface area contributed by atoms with Gasteiger partial charge in [0.05, 0.1) is 4.92 Å². The Balaban J connectivity index is 2.16. The molecule has 0 amide bonds. The lowest BCUT2D eigenvalue weighted by Gasteiger charge is -2.18. The van der Waals surface area contributed by atoms with Gasteiger partial charge in [-0.25, -0.2) is 0 Å². The van der Waals surface area contributed by atoms with Crippen LogP contribution in [0.1, 0.15) is 17.9 Å². The molecule has 1 unspecified atom stereocenters.